The van der Waals surface area contributed by atoms with Crippen LogP contribution >= 0.6 is 0 Å². The highest BCUT2D eigenvalue weighted by Gasteiger charge is 2.53. The number of fused-ring (bicyclic) bond motifs is 2. The Morgan fingerprint density at radius 1 is 1.14 bits per heavy atom. The third-order valence-electron chi connectivity index (χ3n) is 5.03. The molecule has 4 nitrogen and oxygen atoms in total. The van der Waals surface area contributed by atoms with Crippen LogP contribution in [0.5, 0.6) is 5.75 Å². The molecule has 122 valence electrons. The zero-order chi connectivity index (χ0) is 16.2. The number of sulfonamides is 1. The van der Waals surface area contributed by atoms with Gasteiger partial charge in [0, 0.05) is 12.6 Å². The Bertz CT molecular complexity index is 666. The zero-order valence-electron chi connectivity index (χ0n) is 13.8. The quantitative estimate of drug-likeness (QED) is 0.857. The molecule has 1 heterocycles. The highest BCUT2D eigenvalue weighted by atomic mass is 32.2. The van der Waals surface area contributed by atoms with E-state index in [0.29, 0.717) is 17.2 Å². The lowest BCUT2D eigenvalue weighted by atomic mass is 9.65. The minimum Gasteiger partial charge on any atom is -0.497 e. The Balaban J connectivity index is 1.93. The fourth-order valence-electron chi connectivity index (χ4n) is 4.57. The number of rotatable bonds is 3. The summed E-state index contributed by atoms with van der Waals surface area (Å²) in [5.41, 5.74) is 0.313. The summed E-state index contributed by atoms with van der Waals surface area (Å²) in [5, 5.41) is 0. The molecule has 2 bridgehead atoms. The van der Waals surface area contributed by atoms with Gasteiger partial charge < -0.3 is 4.74 Å². The average molecular weight is 323 g/mol. The van der Waals surface area contributed by atoms with E-state index < -0.39 is 10.0 Å². The van der Waals surface area contributed by atoms with Crippen molar-refractivity contribution < 1.29 is 13.2 Å². The molecule has 0 unspecified atom stereocenters. The topological polar surface area (TPSA) is 46.6 Å². The second-order valence-corrected chi connectivity index (χ2v) is 9.83. The van der Waals surface area contributed by atoms with E-state index in [-0.39, 0.29) is 16.9 Å². The van der Waals surface area contributed by atoms with Crippen molar-refractivity contribution in [2.45, 2.75) is 51.0 Å². The summed E-state index contributed by atoms with van der Waals surface area (Å²) >= 11 is 0. The van der Waals surface area contributed by atoms with Gasteiger partial charge in [0.2, 0.25) is 10.0 Å². The Morgan fingerprint density at radius 3 is 2.36 bits per heavy atom. The molecule has 1 saturated carbocycles. The normalized spacial score (nSPS) is 31.2. The molecule has 1 aromatic carbocycles. The molecule has 0 amide bonds. The van der Waals surface area contributed by atoms with Crippen molar-refractivity contribution in [2.75, 3.05) is 13.7 Å². The van der Waals surface area contributed by atoms with Gasteiger partial charge in [-0.1, -0.05) is 20.8 Å². The van der Waals surface area contributed by atoms with Crippen LogP contribution in [0.4, 0.5) is 0 Å². The van der Waals surface area contributed by atoms with Crippen molar-refractivity contribution in [3.05, 3.63) is 24.3 Å². The zero-order valence-corrected chi connectivity index (χ0v) is 14.6. The van der Waals surface area contributed by atoms with Crippen molar-refractivity contribution >= 4 is 10.0 Å². The van der Waals surface area contributed by atoms with Crippen molar-refractivity contribution in [2.24, 2.45) is 10.8 Å². The molecule has 22 heavy (non-hydrogen) atoms. The molecule has 0 radical (unpaired) electrons. The smallest absolute Gasteiger partial charge is 0.243 e. The van der Waals surface area contributed by atoms with Gasteiger partial charge in [-0.3, -0.25) is 0 Å². The van der Waals surface area contributed by atoms with E-state index in [1.165, 1.54) is 0 Å². The second kappa shape index (κ2) is 4.96. The maximum Gasteiger partial charge on any atom is 0.243 e. The summed E-state index contributed by atoms with van der Waals surface area (Å²) in [6, 6.07) is 6.83. The lowest BCUT2D eigenvalue weighted by Gasteiger charge is -2.39. The van der Waals surface area contributed by atoms with Gasteiger partial charge >= 0.3 is 0 Å². The number of nitrogens with zero attached hydrogens (tertiary/aromatic N) is 1. The van der Waals surface area contributed by atoms with Crippen LogP contribution in [0.15, 0.2) is 29.2 Å². The van der Waals surface area contributed by atoms with Crippen LogP contribution in [0.1, 0.15) is 40.0 Å². The molecule has 0 spiro atoms. The third-order valence-corrected chi connectivity index (χ3v) is 6.95. The van der Waals surface area contributed by atoms with Crippen LogP contribution in [-0.4, -0.2) is 32.4 Å². The minimum absolute atomic E-state index is 0.103. The van der Waals surface area contributed by atoms with Crippen LogP contribution in [-0.2, 0) is 10.0 Å². The fourth-order valence-corrected chi connectivity index (χ4v) is 6.35. The van der Waals surface area contributed by atoms with Crippen molar-refractivity contribution in [1.29, 1.82) is 0 Å². The summed E-state index contributed by atoms with van der Waals surface area (Å²) in [6.45, 7) is 7.36. The molecule has 2 atom stereocenters. The summed E-state index contributed by atoms with van der Waals surface area (Å²) < 4.78 is 32.9. The van der Waals surface area contributed by atoms with Crippen LogP contribution in [0.2, 0.25) is 0 Å². The Morgan fingerprint density at radius 2 is 1.77 bits per heavy atom. The Kier molecular flexibility index (Phi) is 3.57. The van der Waals surface area contributed by atoms with Crippen LogP contribution in [0, 0.1) is 10.8 Å². The number of hydrogen-bond donors (Lipinski definition) is 0. The molecule has 1 aliphatic carbocycles. The third kappa shape index (κ3) is 2.65. The summed E-state index contributed by atoms with van der Waals surface area (Å²) in [6.07, 6.45) is 3.01. The van der Waals surface area contributed by atoms with E-state index >= 15 is 0 Å². The predicted molar refractivity (Wildman–Crippen MR) is 86.4 cm³/mol. The molecular weight excluding hydrogens is 298 g/mol. The van der Waals surface area contributed by atoms with Crippen molar-refractivity contribution in [3.8, 4) is 5.75 Å². The monoisotopic (exact) mass is 323 g/mol. The Labute approximate surface area is 133 Å². The summed E-state index contributed by atoms with van der Waals surface area (Å²) in [4.78, 5) is 0.363. The number of benzene rings is 1. The predicted octanol–water partition coefficient (Wildman–Crippen LogP) is 3.28. The van der Waals surface area contributed by atoms with E-state index in [4.69, 9.17) is 4.74 Å². The van der Waals surface area contributed by atoms with E-state index in [2.05, 4.69) is 20.8 Å². The maximum atomic E-state index is 13.0. The Hall–Kier alpha value is -1.07. The van der Waals surface area contributed by atoms with Crippen molar-refractivity contribution in [3.63, 3.8) is 0 Å². The first-order valence-electron chi connectivity index (χ1n) is 7.81. The molecule has 0 N–H and O–H groups in total. The molecular formula is C17H25NO3S. The fraction of sp³-hybridized carbons (Fsp3) is 0.647. The SMILES string of the molecule is COc1ccc(S(=O)(=O)N2C[C@@]3(C)C[C@@H]2CC(C)(C)C3)cc1. The lowest BCUT2D eigenvalue weighted by molar-refractivity contribution is 0.133. The van der Waals surface area contributed by atoms with Crippen molar-refractivity contribution in [1.82, 2.24) is 4.31 Å². The lowest BCUT2D eigenvalue weighted by Crippen LogP contribution is -2.37. The standard InChI is InChI=1S/C17H25NO3S/c1-16(2)9-13-10-17(3,11-16)12-18(13)22(19,20)15-7-5-14(21-4)6-8-15/h5-8,13H,9-12H2,1-4H3/t13-,17-/m0/s1. The average Bonchev–Trinajstić information content (AvgIpc) is 2.68. The van der Waals surface area contributed by atoms with Gasteiger partial charge in [0.1, 0.15) is 5.75 Å². The molecule has 3 rings (SSSR count). The first-order chi connectivity index (χ1) is 10.2. The van der Waals surface area contributed by atoms with Gasteiger partial charge in [-0.2, -0.15) is 4.31 Å². The van der Waals surface area contributed by atoms with E-state index in [1.807, 2.05) is 0 Å². The molecule has 0 aromatic heterocycles. The maximum absolute atomic E-state index is 13.0. The van der Waals surface area contributed by atoms with E-state index in [9.17, 15) is 8.42 Å². The second-order valence-electron chi connectivity index (χ2n) is 7.94. The van der Waals surface area contributed by atoms with Gasteiger partial charge in [-0.05, 0) is 54.4 Å². The van der Waals surface area contributed by atoms with Gasteiger partial charge in [-0.25, -0.2) is 8.42 Å². The molecule has 2 aliphatic rings. The van der Waals surface area contributed by atoms with Gasteiger partial charge in [-0.15, -0.1) is 0 Å². The first kappa shape index (κ1) is 15.8. The van der Waals surface area contributed by atoms with Gasteiger partial charge in [0.15, 0.2) is 0 Å². The van der Waals surface area contributed by atoms with Gasteiger partial charge in [0.25, 0.3) is 0 Å². The molecule has 2 fully saturated rings. The number of hydrogen-bond acceptors (Lipinski definition) is 3. The molecule has 1 aliphatic heterocycles. The minimum atomic E-state index is -3.43. The molecule has 5 heteroatoms. The van der Waals surface area contributed by atoms with Crippen LogP contribution in [0.3, 0.4) is 0 Å². The van der Waals surface area contributed by atoms with Gasteiger partial charge in [0.05, 0.1) is 12.0 Å². The highest BCUT2D eigenvalue weighted by molar-refractivity contribution is 7.89. The highest BCUT2D eigenvalue weighted by Crippen LogP contribution is 2.53. The molecule has 1 aromatic rings. The molecule has 1 saturated heterocycles. The summed E-state index contributed by atoms with van der Waals surface area (Å²) in [5.74, 6) is 0.673. The van der Waals surface area contributed by atoms with Crippen LogP contribution in [0.25, 0.3) is 0 Å². The van der Waals surface area contributed by atoms with Crippen LogP contribution < -0.4 is 4.74 Å². The van der Waals surface area contributed by atoms with E-state index in [1.54, 1.807) is 35.7 Å². The summed E-state index contributed by atoms with van der Waals surface area (Å²) in [7, 11) is -1.85. The first-order valence-corrected chi connectivity index (χ1v) is 9.25. The number of methoxy groups -OCH3 is 1. The van der Waals surface area contributed by atoms with E-state index in [0.717, 1.165) is 19.3 Å². The number of ether oxygens (including phenoxy) is 1. The largest absolute Gasteiger partial charge is 0.497 e.